The molecular weight excluding hydrogens is 352 g/mol. The Labute approximate surface area is 149 Å². The molecule has 0 bridgehead atoms. The van der Waals surface area contributed by atoms with Crippen molar-refractivity contribution in [2.75, 3.05) is 0 Å². The lowest BCUT2D eigenvalue weighted by molar-refractivity contribution is -0.147. The van der Waals surface area contributed by atoms with Crippen molar-refractivity contribution in [3.05, 3.63) is 0 Å². The lowest BCUT2D eigenvalue weighted by atomic mass is 10.1. The highest BCUT2D eigenvalue weighted by Crippen LogP contribution is 1.98. The molecule has 0 saturated carbocycles. The Morgan fingerprint density at radius 3 is 1.81 bits per heavy atom. The zero-order valence-corrected chi connectivity index (χ0v) is 14.6. The van der Waals surface area contributed by atoms with E-state index in [1.165, 1.54) is 20.8 Å². The van der Waals surface area contributed by atoms with E-state index in [0.29, 0.717) is 0 Å². The minimum Gasteiger partial charge on any atom is -0.481 e. The van der Waals surface area contributed by atoms with E-state index < -0.39 is 66.4 Å². The van der Waals surface area contributed by atoms with E-state index in [4.69, 9.17) is 15.9 Å². The van der Waals surface area contributed by atoms with Crippen molar-refractivity contribution in [3.8, 4) is 0 Å². The van der Waals surface area contributed by atoms with Crippen molar-refractivity contribution in [2.45, 2.75) is 57.5 Å². The van der Waals surface area contributed by atoms with Gasteiger partial charge >= 0.3 is 11.9 Å². The number of carboxylic acids is 2. The van der Waals surface area contributed by atoms with Crippen LogP contribution in [0.1, 0.15) is 27.2 Å². The van der Waals surface area contributed by atoms with E-state index in [0.717, 1.165) is 0 Å². The maximum absolute atomic E-state index is 12.1. The molecular formula is C14H24N4O8. The Morgan fingerprint density at radius 2 is 1.42 bits per heavy atom. The summed E-state index contributed by atoms with van der Waals surface area (Å²) in [5.74, 6) is -5.53. The number of carbonyl (C=O) groups is 5. The summed E-state index contributed by atoms with van der Waals surface area (Å²) in [6.07, 6.45) is -2.14. The van der Waals surface area contributed by atoms with Crippen LogP contribution in [0.3, 0.4) is 0 Å². The van der Waals surface area contributed by atoms with E-state index in [2.05, 4.69) is 10.6 Å². The van der Waals surface area contributed by atoms with Gasteiger partial charge in [0.1, 0.15) is 18.1 Å². The highest BCUT2D eigenvalue weighted by Gasteiger charge is 2.30. The summed E-state index contributed by atoms with van der Waals surface area (Å²) in [6, 6.07) is -5.26. The summed E-state index contributed by atoms with van der Waals surface area (Å²) >= 11 is 0. The molecule has 0 aliphatic rings. The largest absolute Gasteiger partial charge is 0.481 e. The first-order valence-corrected chi connectivity index (χ1v) is 7.66. The van der Waals surface area contributed by atoms with Crippen LogP contribution < -0.4 is 21.7 Å². The first-order chi connectivity index (χ1) is 11.9. The van der Waals surface area contributed by atoms with Gasteiger partial charge < -0.3 is 37.0 Å². The summed E-state index contributed by atoms with van der Waals surface area (Å²) in [4.78, 5) is 57.2. The number of carboxylic acid groups (broad SMARTS) is 2. The van der Waals surface area contributed by atoms with Crippen molar-refractivity contribution >= 4 is 29.7 Å². The van der Waals surface area contributed by atoms with Gasteiger partial charge in [0.05, 0.1) is 18.6 Å². The molecule has 8 N–H and O–H groups in total. The summed E-state index contributed by atoms with van der Waals surface area (Å²) < 4.78 is 0. The van der Waals surface area contributed by atoms with E-state index in [9.17, 15) is 29.1 Å². The smallest absolute Gasteiger partial charge is 0.326 e. The van der Waals surface area contributed by atoms with Gasteiger partial charge in [-0.2, -0.15) is 0 Å². The Bertz CT molecular complexity index is 563. The maximum Gasteiger partial charge on any atom is 0.326 e. The summed E-state index contributed by atoms with van der Waals surface area (Å²) in [5, 5.41) is 33.5. The molecule has 12 nitrogen and oxygen atoms in total. The molecule has 26 heavy (non-hydrogen) atoms. The van der Waals surface area contributed by atoms with E-state index in [1.807, 2.05) is 5.32 Å². The minimum atomic E-state index is -1.68. The SMILES string of the molecule is C[C@H](N)C(=O)N[C@H](C(=O)N[C@@H](C)C(=O)N[C@@H](CC(=O)O)C(=O)O)[C@@H](C)O. The van der Waals surface area contributed by atoms with Crippen LogP contribution in [0.15, 0.2) is 0 Å². The second kappa shape index (κ2) is 10.3. The van der Waals surface area contributed by atoms with Crippen LogP contribution >= 0.6 is 0 Å². The normalized spacial score (nSPS) is 16.3. The Hall–Kier alpha value is -2.73. The number of carbonyl (C=O) groups excluding carboxylic acids is 3. The monoisotopic (exact) mass is 376 g/mol. The van der Waals surface area contributed by atoms with E-state index in [-0.39, 0.29) is 0 Å². The molecule has 0 heterocycles. The molecule has 0 aliphatic heterocycles. The molecule has 0 aromatic heterocycles. The maximum atomic E-state index is 12.1. The van der Waals surface area contributed by atoms with Gasteiger partial charge in [0, 0.05) is 0 Å². The van der Waals surface area contributed by atoms with Crippen LogP contribution in [0.4, 0.5) is 0 Å². The van der Waals surface area contributed by atoms with E-state index in [1.54, 1.807) is 0 Å². The average molecular weight is 376 g/mol. The topological polar surface area (TPSA) is 208 Å². The lowest BCUT2D eigenvalue weighted by Gasteiger charge is -2.24. The molecule has 12 heteroatoms. The second-order valence-electron chi connectivity index (χ2n) is 5.74. The van der Waals surface area contributed by atoms with Gasteiger partial charge in [-0.05, 0) is 20.8 Å². The molecule has 0 aromatic rings. The van der Waals surface area contributed by atoms with Gasteiger partial charge in [0.25, 0.3) is 0 Å². The summed E-state index contributed by atoms with van der Waals surface area (Å²) in [7, 11) is 0. The molecule has 0 rings (SSSR count). The van der Waals surface area contributed by atoms with Crippen LogP contribution in [0.5, 0.6) is 0 Å². The van der Waals surface area contributed by atoms with Crippen LogP contribution in [-0.2, 0) is 24.0 Å². The molecule has 148 valence electrons. The Morgan fingerprint density at radius 1 is 0.885 bits per heavy atom. The zero-order valence-electron chi connectivity index (χ0n) is 14.6. The molecule has 0 unspecified atom stereocenters. The van der Waals surface area contributed by atoms with Crippen LogP contribution in [0.2, 0.25) is 0 Å². The van der Waals surface area contributed by atoms with Crippen LogP contribution in [-0.4, -0.2) is 75.3 Å². The number of rotatable bonds is 10. The number of hydrogen-bond donors (Lipinski definition) is 7. The first kappa shape index (κ1) is 23.3. The third-order valence-corrected chi connectivity index (χ3v) is 3.22. The van der Waals surface area contributed by atoms with Gasteiger partial charge in [0.15, 0.2) is 0 Å². The number of aliphatic hydroxyl groups excluding tert-OH is 1. The standard InChI is InChI=1S/C14H24N4O8/c1-5(15)11(22)18-10(7(3)19)13(24)16-6(2)12(23)17-8(14(25)26)4-9(20)21/h5-8,10,19H,4,15H2,1-3H3,(H,16,24)(H,17,23)(H,18,22)(H,20,21)(H,25,26)/t5-,6-,7+,8-,10-/m0/s1. The second-order valence-corrected chi connectivity index (χ2v) is 5.74. The van der Waals surface area contributed by atoms with Crippen molar-refractivity contribution in [2.24, 2.45) is 5.73 Å². The minimum absolute atomic E-state index is 0.699. The van der Waals surface area contributed by atoms with Crippen molar-refractivity contribution in [1.29, 1.82) is 0 Å². The molecule has 0 aromatic carbocycles. The highest BCUT2D eigenvalue weighted by molar-refractivity contribution is 5.94. The first-order valence-electron chi connectivity index (χ1n) is 7.66. The lowest BCUT2D eigenvalue weighted by Crippen LogP contribution is -2.59. The molecule has 3 amide bonds. The number of nitrogens with two attached hydrogens (primary N) is 1. The third kappa shape index (κ3) is 7.90. The number of aliphatic hydroxyl groups is 1. The average Bonchev–Trinajstić information content (AvgIpc) is 2.50. The van der Waals surface area contributed by atoms with Crippen molar-refractivity contribution in [3.63, 3.8) is 0 Å². The van der Waals surface area contributed by atoms with Gasteiger partial charge in [-0.15, -0.1) is 0 Å². The number of amides is 3. The predicted molar refractivity (Wildman–Crippen MR) is 86.7 cm³/mol. The van der Waals surface area contributed by atoms with Crippen LogP contribution in [0.25, 0.3) is 0 Å². The molecule has 5 atom stereocenters. The van der Waals surface area contributed by atoms with Crippen LogP contribution in [0, 0.1) is 0 Å². The summed E-state index contributed by atoms with van der Waals surface area (Å²) in [5.41, 5.74) is 5.36. The number of aliphatic carboxylic acids is 2. The number of hydrogen-bond acceptors (Lipinski definition) is 7. The molecule has 0 saturated heterocycles. The molecule has 0 fully saturated rings. The van der Waals surface area contributed by atoms with Crippen molar-refractivity contribution < 1.29 is 39.3 Å². The van der Waals surface area contributed by atoms with Crippen molar-refractivity contribution in [1.82, 2.24) is 16.0 Å². The molecule has 0 aliphatic carbocycles. The van der Waals surface area contributed by atoms with Gasteiger partial charge in [-0.1, -0.05) is 0 Å². The molecule has 0 spiro atoms. The molecule has 0 radical (unpaired) electrons. The third-order valence-electron chi connectivity index (χ3n) is 3.22. The highest BCUT2D eigenvalue weighted by atomic mass is 16.4. The van der Waals surface area contributed by atoms with E-state index >= 15 is 0 Å². The zero-order chi connectivity index (χ0) is 20.6. The number of nitrogens with one attached hydrogen (secondary N) is 3. The van der Waals surface area contributed by atoms with Gasteiger partial charge in [0.2, 0.25) is 17.7 Å². The van der Waals surface area contributed by atoms with Gasteiger partial charge in [-0.25, -0.2) is 4.79 Å². The fourth-order valence-corrected chi connectivity index (χ4v) is 1.73. The quantitative estimate of drug-likeness (QED) is 0.204. The summed E-state index contributed by atoms with van der Waals surface area (Å²) in [6.45, 7) is 3.83. The fraction of sp³-hybridized carbons (Fsp3) is 0.643. The fourth-order valence-electron chi connectivity index (χ4n) is 1.73. The van der Waals surface area contributed by atoms with Gasteiger partial charge in [-0.3, -0.25) is 19.2 Å². The predicted octanol–water partition coefficient (Wildman–Crippen LogP) is -3.25. The Kier molecular flexibility index (Phi) is 9.22. The Balaban J connectivity index is 4.93.